The Morgan fingerprint density at radius 2 is 2.42 bits per heavy atom. The number of nitrogens with zero attached hydrogens (tertiary/aromatic N) is 3. The number of halogens is 1. The summed E-state index contributed by atoms with van der Waals surface area (Å²) in [6, 6.07) is 0. The van der Waals surface area contributed by atoms with E-state index in [4.69, 9.17) is 11.6 Å². The molecule has 1 atom stereocenters. The van der Waals surface area contributed by atoms with Gasteiger partial charge in [0.25, 0.3) is 0 Å². The largest absolute Gasteiger partial charge is 0.453 e. The molecule has 0 aromatic rings. The van der Waals surface area contributed by atoms with Gasteiger partial charge < -0.3 is 0 Å². The van der Waals surface area contributed by atoms with E-state index in [0.29, 0.717) is 6.54 Å². The minimum Gasteiger partial charge on any atom is -0.254 e. The van der Waals surface area contributed by atoms with Crippen LogP contribution in [0.25, 0.3) is 0 Å². The second-order valence-electron chi connectivity index (χ2n) is 2.65. The number of quaternary nitrogens is 1. The van der Waals surface area contributed by atoms with Crippen molar-refractivity contribution in [1.29, 1.82) is 0 Å². The summed E-state index contributed by atoms with van der Waals surface area (Å²) < 4.78 is -0.0193. The summed E-state index contributed by atoms with van der Waals surface area (Å²) in [6.07, 6.45) is 1.20. The fraction of sp³-hybridized carbons (Fsp3) is 0.500. The van der Waals surface area contributed by atoms with Gasteiger partial charge in [0.1, 0.15) is 4.92 Å². The lowest BCUT2D eigenvalue weighted by atomic mass is 10.5. The van der Waals surface area contributed by atoms with E-state index in [1.165, 1.54) is 6.20 Å². The third-order valence-electron chi connectivity index (χ3n) is 2.02. The Hall–Kier alpha value is -0.940. The third-order valence-corrected chi connectivity index (χ3v) is 2.49. The van der Waals surface area contributed by atoms with Gasteiger partial charge in [0.05, 0.1) is 13.6 Å². The zero-order valence-corrected chi connectivity index (χ0v) is 7.58. The van der Waals surface area contributed by atoms with Gasteiger partial charge in [-0.3, -0.25) is 10.1 Å². The maximum absolute atomic E-state index is 10.5. The molecular weight excluding hydrogens is 182 g/mol. The molecule has 1 heterocycles. The topological polar surface area (TPSA) is 55.5 Å². The van der Waals surface area contributed by atoms with Crippen molar-refractivity contribution in [2.45, 2.75) is 6.92 Å². The zero-order valence-electron chi connectivity index (χ0n) is 6.82. The molecule has 66 valence electrons. The lowest BCUT2D eigenvalue weighted by Gasteiger charge is -2.21. The monoisotopic (exact) mass is 190 g/mol. The van der Waals surface area contributed by atoms with E-state index in [-0.39, 0.29) is 15.6 Å². The molecule has 0 amide bonds. The molecule has 1 aliphatic rings. The van der Waals surface area contributed by atoms with Gasteiger partial charge in [0, 0.05) is 11.6 Å². The summed E-state index contributed by atoms with van der Waals surface area (Å²) in [5.41, 5.74) is 0. The van der Waals surface area contributed by atoms with Gasteiger partial charge in [-0.2, -0.15) is 9.48 Å². The molecule has 5 nitrogen and oxygen atoms in total. The molecule has 6 heteroatoms. The Balaban J connectivity index is 3.04. The highest BCUT2D eigenvalue weighted by Crippen LogP contribution is 2.24. The normalized spacial score (nSPS) is 28.2. The SMILES string of the molecule is CC[N+]1(C)C([N+](=O)[O-])=CN=C1Cl. The second kappa shape index (κ2) is 2.84. The molecule has 1 unspecified atom stereocenters. The van der Waals surface area contributed by atoms with Gasteiger partial charge >= 0.3 is 11.1 Å². The average Bonchev–Trinajstić information content (AvgIpc) is 2.30. The van der Waals surface area contributed by atoms with Crippen molar-refractivity contribution in [1.82, 2.24) is 0 Å². The second-order valence-corrected chi connectivity index (χ2v) is 2.99. The van der Waals surface area contributed by atoms with Crippen LogP contribution in [-0.2, 0) is 0 Å². The average molecular weight is 191 g/mol. The Kier molecular flexibility index (Phi) is 2.16. The highest BCUT2D eigenvalue weighted by atomic mass is 35.5. The van der Waals surface area contributed by atoms with Crippen LogP contribution in [0.5, 0.6) is 0 Å². The van der Waals surface area contributed by atoms with Crippen molar-refractivity contribution >= 4 is 16.9 Å². The number of hydrogen-bond acceptors (Lipinski definition) is 3. The number of aliphatic imine (C=N–C) groups is 1. The number of hydrogen-bond donors (Lipinski definition) is 0. The van der Waals surface area contributed by atoms with E-state index in [1.807, 2.05) is 6.92 Å². The summed E-state index contributed by atoms with van der Waals surface area (Å²) in [6.45, 7) is 2.34. The fourth-order valence-electron chi connectivity index (χ4n) is 0.980. The fourth-order valence-corrected chi connectivity index (χ4v) is 1.24. The van der Waals surface area contributed by atoms with Crippen LogP contribution in [0.15, 0.2) is 17.0 Å². The summed E-state index contributed by atoms with van der Waals surface area (Å²) in [7, 11) is 1.66. The molecule has 1 rings (SSSR count). The Morgan fingerprint density at radius 3 is 2.75 bits per heavy atom. The Labute approximate surface area is 74.7 Å². The molecule has 0 aromatic heterocycles. The van der Waals surface area contributed by atoms with Crippen molar-refractivity contribution < 1.29 is 9.41 Å². The predicted octanol–water partition coefficient (Wildman–Crippen LogP) is 1.14. The molecule has 0 aromatic carbocycles. The number of amidine groups is 1. The molecular formula is C6H9ClN3O2+. The van der Waals surface area contributed by atoms with Crippen molar-refractivity contribution in [3.8, 4) is 0 Å². The summed E-state index contributed by atoms with van der Waals surface area (Å²) in [4.78, 5) is 13.8. The zero-order chi connectivity index (χ0) is 9.35. The molecule has 1 aliphatic heterocycles. The standard InChI is InChI=1S/C6H9ClN3O2/c1-3-10(2)5(9(11)12)4-8-6(10)7/h4H,3H2,1-2H3/q+1. The molecule has 0 saturated heterocycles. The van der Waals surface area contributed by atoms with E-state index < -0.39 is 4.92 Å². The first kappa shape index (κ1) is 9.15. The van der Waals surface area contributed by atoms with Gasteiger partial charge in [-0.05, 0) is 6.92 Å². The molecule has 0 radical (unpaired) electrons. The lowest BCUT2D eigenvalue weighted by molar-refractivity contribution is -0.842. The molecule has 0 fully saturated rings. The van der Waals surface area contributed by atoms with Crippen LogP contribution in [0.3, 0.4) is 0 Å². The van der Waals surface area contributed by atoms with Crippen LogP contribution in [-0.4, -0.2) is 28.3 Å². The van der Waals surface area contributed by atoms with Crippen molar-refractivity contribution in [3.05, 3.63) is 22.1 Å². The van der Waals surface area contributed by atoms with Crippen molar-refractivity contribution in [2.24, 2.45) is 4.99 Å². The molecule has 0 saturated carbocycles. The minimum absolute atomic E-state index is 0.0162. The Morgan fingerprint density at radius 1 is 1.83 bits per heavy atom. The van der Waals surface area contributed by atoms with Crippen LogP contribution in [0, 0.1) is 10.1 Å². The van der Waals surface area contributed by atoms with Crippen LogP contribution in [0.4, 0.5) is 0 Å². The van der Waals surface area contributed by atoms with Crippen molar-refractivity contribution in [3.63, 3.8) is 0 Å². The maximum atomic E-state index is 10.5. The van der Waals surface area contributed by atoms with E-state index in [2.05, 4.69) is 4.99 Å². The minimum atomic E-state index is -0.456. The maximum Gasteiger partial charge on any atom is 0.453 e. The quantitative estimate of drug-likeness (QED) is 0.284. The van der Waals surface area contributed by atoms with E-state index in [9.17, 15) is 10.1 Å². The highest BCUT2D eigenvalue weighted by Gasteiger charge is 2.44. The summed E-state index contributed by atoms with van der Waals surface area (Å²) >= 11 is 5.72. The van der Waals surface area contributed by atoms with Gasteiger partial charge in [-0.15, -0.1) is 0 Å². The lowest BCUT2D eigenvalue weighted by Crippen LogP contribution is -2.45. The first-order valence-corrected chi connectivity index (χ1v) is 3.84. The molecule has 0 bridgehead atoms. The van der Waals surface area contributed by atoms with E-state index in [0.717, 1.165) is 0 Å². The molecule has 12 heavy (non-hydrogen) atoms. The highest BCUT2D eigenvalue weighted by molar-refractivity contribution is 6.62. The Bertz CT molecular complexity index is 287. The molecule has 0 aliphatic carbocycles. The van der Waals surface area contributed by atoms with Crippen LogP contribution >= 0.6 is 11.6 Å². The van der Waals surface area contributed by atoms with Crippen LogP contribution in [0.1, 0.15) is 6.92 Å². The van der Waals surface area contributed by atoms with Gasteiger partial charge in [0.2, 0.25) is 0 Å². The first-order valence-electron chi connectivity index (χ1n) is 3.47. The molecule has 0 N–H and O–H groups in total. The van der Waals surface area contributed by atoms with Gasteiger partial charge in [0.15, 0.2) is 6.20 Å². The van der Waals surface area contributed by atoms with Crippen LogP contribution in [0.2, 0.25) is 0 Å². The van der Waals surface area contributed by atoms with E-state index in [1.54, 1.807) is 7.05 Å². The molecule has 0 spiro atoms. The number of rotatable bonds is 2. The predicted molar refractivity (Wildman–Crippen MR) is 45.1 cm³/mol. The van der Waals surface area contributed by atoms with Gasteiger partial charge in [-0.1, -0.05) is 0 Å². The smallest absolute Gasteiger partial charge is 0.254 e. The summed E-state index contributed by atoms with van der Waals surface area (Å²) in [5.74, 6) is 0.0162. The third kappa shape index (κ3) is 1.11. The van der Waals surface area contributed by atoms with E-state index >= 15 is 0 Å². The van der Waals surface area contributed by atoms with Crippen LogP contribution < -0.4 is 0 Å². The first-order chi connectivity index (χ1) is 5.52. The van der Waals surface area contributed by atoms with Crippen molar-refractivity contribution in [2.75, 3.05) is 13.6 Å². The van der Waals surface area contributed by atoms with Gasteiger partial charge in [-0.25, -0.2) is 0 Å². The number of nitro groups is 1. The summed E-state index contributed by atoms with van der Waals surface area (Å²) in [5, 5.41) is 10.8.